The predicted octanol–water partition coefficient (Wildman–Crippen LogP) is 4.53. The lowest BCUT2D eigenvalue weighted by Crippen LogP contribution is -2.31. The van der Waals surface area contributed by atoms with Gasteiger partial charge in [0.2, 0.25) is 0 Å². The number of hydrogen-bond acceptors (Lipinski definition) is 4. The molecule has 3 aromatic rings. The molecule has 0 aliphatic carbocycles. The van der Waals surface area contributed by atoms with Gasteiger partial charge >= 0.3 is 12.1 Å². The summed E-state index contributed by atoms with van der Waals surface area (Å²) in [4.78, 5) is 25.5. The maximum absolute atomic E-state index is 14.2. The fourth-order valence-electron chi connectivity index (χ4n) is 3.70. The van der Waals surface area contributed by atoms with Crippen LogP contribution in [-0.4, -0.2) is 28.7 Å². The fraction of sp³-hybridized carbons (Fsp3) is 0.167. The quantitative estimate of drug-likeness (QED) is 0.633. The molecule has 1 unspecified atom stereocenters. The Labute approximate surface area is 178 Å². The van der Waals surface area contributed by atoms with Gasteiger partial charge in [-0.2, -0.15) is 0 Å². The van der Waals surface area contributed by atoms with Crippen LogP contribution in [0.5, 0.6) is 5.75 Å². The van der Waals surface area contributed by atoms with Gasteiger partial charge in [0.15, 0.2) is 6.61 Å². The van der Waals surface area contributed by atoms with E-state index in [0.717, 1.165) is 16.7 Å². The number of ether oxygens (including phenoxy) is 2. The van der Waals surface area contributed by atoms with Crippen molar-refractivity contribution in [3.63, 3.8) is 0 Å². The molecule has 0 radical (unpaired) electrons. The summed E-state index contributed by atoms with van der Waals surface area (Å²) in [6.07, 6.45) is -0.557. The number of carboxylic acids is 1. The Morgan fingerprint density at radius 1 is 1.00 bits per heavy atom. The molecule has 0 spiro atoms. The standard InChI is InChI=1S/C24H20FNO5/c25-18-10-11-21(30-15-22(27)28)20(12-18)23-19-9-5-4-8-17(19)13-26(23)24(29)31-14-16-6-2-1-3-7-16/h1-12,23H,13-15H2,(H,27,28). The second-order valence-electron chi connectivity index (χ2n) is 7.13. The first kappa shape index (κ1) is 20.4. The lowest BCUT2D eigenvalue weighted by Gasteiger charge is -2.26. The van der Waals surface area contributed by atoms with E-state index in [0.29, 0.717) is 5.56 Å². The Kier molecular flexibility index (Phi) is 5.84. The average Bonchev–Trinajstić information content (AvgIpc) is 3.17. The lowest BCUT2D eigenvalue weighted by molar-refractivity contribution is -0.139. The molecule has 4 rings (SSSR count). The number of fused-ring (bicyclic) bond motifs is 1. The van der Waals surface area contributed by atoms with Crippen molar-refractivity contribution < 1.29 is 28.6 Å². The number of rotatable bonds is 6. The molecule has 0 saturated carbocycles. The minimum absolute atomic E-state index is 0.102. The Morgan fingerprint density at radius 3 is 2.52 bits per heavy atom. The van der Waals surface area contributed by atoms with Crippen molar-refractivity contribution in [2.75, 3.05) is 6.61 Å². The molecule has 31 heavy (non-hydrogen) atoms. The molecule has 1 aliphatic heterocycles. The lowest BCUT2D eigenvalue weighted by atomic mass is 9.97. The minimum atomic E-state index is -1.15. The largest absolute Gasteiger partial charge is 0.482 e. The second kappa shape index (κ2) is 8.87. The Hall–Kier alpha value is -3.87. The van der Waals surface area contributed by atoms with Crippen molar-refractivity contribution >= 4 is 12.1 Å². The molecule has 158 valence electrons. The highest BCUT2D eigenvalue weighted by Crippen LogP contribution is 2.42. The van der Waals surface area contributed by atoms with Gasteiger partial charge in [0.25, 0.3) is 0 Å². The van der Waals surface area contributed by atoms with Crippen LogP contribution >= 0.6 is 0 Å². The summed E-state index contributed by atoms with van der Waals surface area (Å²) < 4.78 is 25.1. The molecular weight excluding hydrogens is 401 g/mol. The summed E-state index contributed by atoms with van der Waals surface area (Å²) in [6, 6.07) is 19.9. The summed E-state index contributed by atoms with van der Waals surface area (Å²) in [5, 5.41) is 8.98. The number of carbonyl (C=O) groups excluding carboxylic acids is 1. The van der Waals surface area contributed by atoms with Crippen LogP contribution in [0.2, 0.25) is 0 Å². The molecule has 1 N–H and O–H groups in total. The fourth-order valence-corrected chi connectivity index (χ4v) is 3.70. The molecule has 1 atom stereocenters. The van der Waals surface area contributed by atoms with E-state index in [4.69, 9.17) is 14.6 Å². The van der Waals surface area contributed by atoms with E-state index < -0.39 is 30.5 Å². The summed E-state index contributed by atoms with van der Waals surface area (Å²) in [7, 11) is 0. The van der Waals surface area contributed by atoms with E-state index in [2.05, 4.69) is 0 Å². The number of carboxylic acid groups (broad SMARTS) is 1. The van der Waals surface area contributed by atoms with Crippen LogP contribution < -0.4 is 4.74 Å². The molecule has 1 amide bonds. The highest BCUT2D eigenvalue weighted by molar-refractivity contribution is 5.72. The Bertz CT molecular complexity index is 1100. The Balaban J connectivity index is 1.66. The van der Waals surface area contributed by atoms with Crippen LogP contribution in [0.25, 0.3) is 0 Å². The van der Waals surface area contributed by atoms with E-state index >= 15 is 0 Å². The van der Waals surface area contributed by atoms with Crippen LogP contribution in [0.3, 0.4) is 0 Å². The SMILES string of the molecule is O=C(O)COc1ccc(F)cc1C1c2ccccc2CN1C(=O)OCc1ccccc1. The molecule has 6 nitrogen and oxygen atoms in total. The van der Waals surface area contributed by atoms with Gasteiger partial charge < -0.3 is 14.6 Å². The third kappa shape index (κ3) is 4.50. The zero-order valence-electron chi connectivity index (χ0n) is 16.5. The predicted molar refractivity (Wildman–Crippen MR) is 110 cm³/mol. The molecule has 0 aromatic heterocycles. The van der Waals surface area contributed by atoms with Gasteiger partial charge in [0, 0.05) is 5.56 Å². The van der Waals surface area contributed by atoms with Crippen molar-refractivity contribution in [2.24, 2.45) is 0 Å². The zero-order chi connectivity index (χ0) is 21.8. The van der Waals surface area contributed by atoms with Gasteiger partial charge in [-0.15, -0.1) is 0 Å². The maximum Gasteiger partial charge on any atom is 0.411 e. The summed E-state index contributed by atoms with van der Waals surface area (Å²) >= 11 is 0. The average molecular weight is 421 g/mol. The van der Waals surface area contributed by atoms with Crippen LogP contribution in [0.4, 0.5) is 9.18 Å². The first-order valence-electron chi connectivity index (χ1n) is 9.72. The third-order valence-corrected chi connectivity index (χ3v) is 5.06. The van der Waals surface area contributed by atoms with Crippen molar-refractivity contribution in [3.8, 4) is 5.75 Å². The van der Waals surface area contributed by atoms with Crippen LogP contribution in [-0.2, 0) is 22.7 Å². The van der Waals surface area contributed by atoms with Crippen LogP contribution in [0.15, 0.2) is 72.8 Å². The number of benzene rings is 3. The molecule has 0 fully saturated rings. The molecule has 3 aromatic carbocycles. The second-order valence-corrected chi connectivity index (χ2v) is 7.13. The van der Waals surface area contributed by atoms with Crippen molar-refractivity contribution in [3.05, 3.63) is 101 Å². The van der Waals surface area contributed by atoms with E-state index in [1.54, 1.807) is 0 Å². The van der Waals surface area contributed by atoms with Crippen molar-refractivity contribution in [1.29, 1.82) is 0 Å². The highest BCUT2D eigenvalue weighted by atomic mass is 19.1. The number of aliphatic carboxylic acids is 1. The number of amides is 1. The van der Waals surface area contributed by atoms with Gasteiger partial charge in [0.1, 0.15) is 18.2 Å². The summed E-state index contributed by atoms with van der Waals surface area (Å²) in [5.41, 5.74) is 2.92. The number of carbonyl (C=O) groups is 2. The molecule has 7 heteroatoms. The summed E-state index contributed by atoms with van der Waals surface area (Å²) in [6.45, 7) is -0.195. The number of nitrogens with zero attached hydrogens (tertiary/aromatic N) is 1. The minimum Gasteiger partial charge on any atom is -0.482 e. The number of hydrogen-bond donors (Lipinski definition) is 1. The topological polar surface area (TPSA) is 76.1 Å². The van der Waals surface area contributed by atoms with E-state index in [1.165, 1.54) is 23.1 Å². The van der Waals surface area contributed by atoms with Crippen molar-refractivity contribution in [1.82, 2.24) is 4.90 Å². The third-order valence-electron chi connectivity index (χ3n) is 5.06. The van der Waals surface area contributed by atoms with Gasteiger partial charge in [-0.05, 0) is 34.9 Å². The monoisotopic (exact) mass is 421 g/mol. The zero-order valence-corrected chi connectivity index (χ0v) is 16.5. The molecule has 0 saturated heterocycles. The van der Waals surface area contributed by atoms with Gasteiger partial charge in [0.05, 0.1) is 12.6 Å². The van der Waals surface area contributed by atoms with E-state index in [1.807, 2.05) is 54.6 Å². The molecular formula is C24H20FNO5. The van der Waals surface area contributed by atoms with Crippen molar-refractivity contribution in [2.45, 2.75) is 19.2 Å². The molecule has 0 bridgehead atoms. The molecule has 1 aliphatic rings. The Morgan fingerprint density at radius 2 is 1.74 bits per heavy atom. The maximum atomic E-state index is 14.2. The van der Waals surface area contributed by atoms with Gasteiger partial charge in [-0.25, -0.2) is 14.0 Å². The van der Waals surface area contributed by atoms with E-state index in [-0.39, 0.29) is 18.9 Å². The first-order valence-corrected chi connectivity index (χ1v) is 9.72. The first-order chi connectivity index (χ1) is 15.0. The van der Waals surface area contributed by atoms with Crippen LogP contribution in [0.1, 0.15) is 28.3 Å². The van der Waals surface area contributed by atoms with E-state index in [9.17, 15) is 14.0 Å². The summed E-state index contributed by atoms with van der Waals surface area (Å²) in [5.74, 6) is -1.47. The van der Waals surface area contributed by atoms with Gasteiger partial charge in [-0.1, -0.05) is 54.6 Å². The number of halogens is 1. The molecule has 1 heterocycles. The van der Waals surface area contributed by atoms with Crippen LogP contribution in [0, 0.1) is 5.82 Å². The highest BCUT2D eigenvalue weighted by Gasteiger charge is 2.37. The van der Waals surface area contributed by atoms with Gasteiger partial charge in [-0.3, -0.25) is 4.90 Å². The smallest absolute Gasteiger partial charge is 0.411 e. The normalized spacial score (nSPS) is 14.7.